The van der Waals surface area contributed by atoms with Crippen molar-refractivity contribution in [2.75, 3.05) is 38.1 Å². The van der Waals surface area contributed by atoms with E-state index in [9.17, 15) is 9.90 Å². The van der Waals surface area contributed by atoms with Crippen LogP contribution in [0.3, 0.4) is 0 Å². The number of aromatic carboxylic acids is 1. The van der Waals surface area contributed by atoms with E-state index >= 15 is 0 Å². The summed E-state index contributed by atoms with van der Waals surface area (Å²) in [5.74, 6) is -0.555. The second-order valence-electron chi connectivity index (χ2n) is 7.56. The number of anilines is 1. The van der Waals surface area contributed by atoms with E-state index in [1.54, 1.807) is 6.07 Å². The molecule has 1 aliphatic rings. The van der Waals surface area contributed by atoms with E-state index in [0.717, 1.165) is 54.6 Å². The van der Waals surface area contributed by atoms with Crippen molar-refractivity contribution in [2.45, 2.75) is 13.0 Å². The first-order chi connectivity index (χ1) is 14.1. The van der Waals surface area contributed by atoms with Gasteiger partial charge in [-0.1, -0.05) is 42.5 Å². The fraction of sp³-hybridized carbons (Fsp3) is 0.292. The number of hydrogen-bond acceptors (Lipinski definition) is 4. The average molecular weight is 390 g/mol. The van der Waals surface area contributed by atoms with Gasteiger partial charge in [0.1, 0.15) is 17.9 Å². The maximum atomic E-state index is 11.7. The van der Waals surface area contributed by atoms with Gasteiger partial charge >= 0.3 is 5.97 Å². The van der Waals surface area contributed by atoms with Crippen LogP contribution in [0.25, 0.3) is 10.8 Å². The molecule has 1 heterocycles. The molecule has 0 aromatic heterocycles. The van der Waals surface area contributed by atoms with Crippen LogP contribution in [-0.4, -0.2) is 49.2 Å². The predicted octanol–water partition coefficient (Wildman–Crippen LogP) is 4.26. The summed E-state index contributed by atoms with van der Waals surface area (Å²) in [4.78, 5) is 16.4. The molecule has 0 atom stereocenters. The van der Waals surface area contributed by atoms with Gasteiger partial charge in [-0.3, -0.25) is 0 Å². The van der Waals surface area contributed by atoms with Crippen molar-refractivity contribution in [2.24, 2.45) is 0 Å². The summed E-state index contributed by atoms with van der Waals surface area (Å²) < 4.78 is 6.06. The number of hydrogen-bond donors (Lipinski definition) is 1. The Morgan fingerprint density at radius 1 is 1.00 bits per heavy atom. The number of carbonyl (C=O) groups is 1. The lowest BCUT2D eigenvalue weighted by atomic mass is 10.1. The van der Waals surface area contributed by atoms with Crippen LogP contribution in [0.1, 0.15) is 22.3 Å². The third kappa shape index (κ3) is 4.35. The molecule has 3 aromatic carbocycles. The summed E-state index contributed by atoms with van der Waals surface area (Å²) in [6.07, 6.45) is 1.09. The van der Waals surface area contributed by atoms with E-state index in [4.69, 9.17) is 4.74 Å². The molecule has 1 N–H and O–H groups in total. The van der Waals surface area contributed by atoms with Crippen LogP contribution in [0.5, 0.6) is 5.75 Å². The van der Waals surface area contributed by atoms with Crippen LogP contribution >= 0.6 is 0 Å². The van der Waals surface area contributed by atoms with Gasteiger partial charge in [-0.25, -0.2) is 4.79 Å². The second-order valence-corrected chi connectivity index (χ2v) is 7.56. The molecule has 5 nitrogen and oxygen atoms in total. The van der Waals surface area contributed by atoms with Gasteiger partial charge in [-0.05, 0) is 48.5 Å². The van der Waals surface area contributed by atoms with E-state index in [1.165, 1.54) is 0 Å². The van der Waals surface area contributed by atoms with Gasteiger partial charge in [0.2, 0.25) is 0 Å². The Labute approximate surface area is 171 Å². The smallest absolute Gasteiger partial charge is 0.339 e. The molecule has 0 spiro atoms. The zero-order valence-corrected chi connectivity index (χ0v) is 16.7. The summed E-state index contributed by atoms with van der Waals surface area (Å²) in [6.45, 7) is 4.28. The highest BCUT2D eigenvalue weighted by atomic mass is 16.5. The van der Waals surface area contributed by atoms with Crippen molar-refractivity contribution < 1.29 is 14.6 Å². The molecule has 0 bridgehead atoms. The van der Waals surface area contributed by atoms with Gasteiger partial charge in [-0.2, -0.15) is 0 Å². The van der Waals surface area contributed by atoms with Gasteiger partial charge in [0.15, 0.2) is 0 Å². The number of ether oxygens (including phenoxy) is 1. The van der Waals surface area contributed by atoms with E-state index in [2.05, 4.69) is 35.0 Å². The monoisotopic (exact) mass is 390 g/mol. The van der Waals surface area contributed by atoms with Crippen LogP contribution in [0, 0.1) is 0 Å². The lowest BCUT2D eigenvalue weighted by Crippen LogP contribution is -2.28. The van der Waals surface area contributed by atoms with E-state index in [-0.39, 0.29) is 5.56 Å². The van der Waals surface area contributed by atoms with Gasteiger partial charge in [0.25, 0.3) is 0 Å². The normalized spacial score (nSPS) is 15.3. The van der Waals surface area contributed by atoms with Gasteiger partial charge in [0.05, 0.1) is 0 Å². The molecule has 0 saturated carbocycles. The van der Waals surface area contributed by atoms with Crippen molar-refractivity contribution in [3.8, 4) is 5.75 Å². The highest BCUT2D eigenvalue weighted by Gasteiger charge is 2.17. The molecule has 1 fully saturated rings. The van der Waals surface area contributed by atoms with E-state index in [1.807, 2.05) is 36.4 Å². The zero-order chi connectivity index (χ0) is 20.2. The number of rotatable bonds is 5. The Morgan fingerprint density at radius 2 is 1.83 bits per heavy atom. The standard InChI is InChI=1S/C24H26N2O3/c1-25-12-5-13-26(15-14-25)20-10-11-22(24(27)28)23(16-20)29-17-19-8-4-7-18-6-2-3-9-21(18)19/h2-4,6-11,16H,5,12-15,17H2,1H3,(H,27,28). The Morgan fingerprint density at radius 3 is 2.69 bits per heavy atom. The van der Waals surface area contributed by atoms with Gasteiger partial charge in [-0.15, -0.1) is 0 Å². The predicted molar refractivity (Wildman–Crippen MR) is 116 cm³/mol. The van der Waals surface area contributed by atoms with Crippen molar-refractivity contribution >= 4 is 22.4 Å². The van der Waals surface area contributed by atoms with Crippen LogP contribution in [-0.2, 0) is 6.61 Å². The minimum absolute atomic E-state index is 0.195. The summed E-state index contributed by atoms with van der Waals surface area (Å²) in [5.41, 5.74) is 2.25. The van der Waals surface area contributed by atoms with E-state index in [0.29, 0.717) is 12.4 Å². The molecule has 0 radical (unpaired) electrons. The molecule has 0 unspecified atom stereocenters. The minimum atomic E-state index is -0.972. The topological polar surface area (TPSA) is 53.0 Å². The number of likely N-dealkylation sites (N-methyl/N-ethyl adjacent to an activating group) is 1. The molecule has 3 aromatic rings. The number of carboxylic acid groups (broad SMARTS) is 1. The number of carboxylic acids is 1. The fourth-order valence-corrected chi connectivity index (χ4v) is 3.88. The average Bonchev–Trinajstić information content (AvgIpc) is 2.96. The quantitative estimate of drug-likeness (QED) is 0.706. The fourth-order valence-electron chi connectivity index (χ4n) is 3.88. The number of benzene rings is 3. The molecule has 1 aliphatic heterocycles. The first-order valence-corrected chi connectivity index (χ1v) is 10.0. The third-order valence-electron chi connectivity index (χ3n) is 5.54. The molecule has 5 heteroatoms. The Kier molecular flexibility index (Phi) is 5.67. The van der Waals surface area contributed by atoms with Crippen molar-refractivity contribution in [3.05, 3.63) is 71.8 Å². The summed E-state index contributed by atoms with van der Waals surface area (Å²) in [6, 6.07) is 19.7. The van der Waals surface area contributed by atoms with Crippen LogP contribution in [0.4, 0.5) is 5.69 Å². The molecule has 0 amide bonds. The lowest BCUT2D eigenvalue weighted by Gasteiger charge is -2.24. The second kappa shape index (κ2) is 8.53. The van der Waals surface area contributed by atoms with Gasteiger partial charge < -0.3 is 19.6 Å². The van der Waals surface area contributed by atoms with E-state index < -0.39 is 5.97 Å². The molecule has 150 valence electrons. The molecular weight excluding hydrogens is 364 g/mol. The summed E-state index contributed by atoms with van der Waals surface area (Å²) >= 11 is 0. The van der Waals surface area contributed by atoms with Crippen molar-refractivity contribution in [3.63, 3.8) is 0 Å². The highest BCUT2D eigenvalue weighted by molar-refractivity contribution is 5.91. The maximum absolute atomic E-state index is 11.7. The lowest BCUT2D eigenvalue weighted by molar-refractivity contribution is 0.0692. The van der Waals surface area contributed by atoms with Crippen LogP contribution in [0.2, 0.25) is 0 Å². The maximum Gasteiger partial charge on any atom is 0.339 e. The highest BCUT2D eigenvalue weighted by Crippen LogP contribution is 2.28. The third-order valence-corrected chi connectivity index (χ3v) is 5.54. The minimum Gasteiger partial charge on any atom is -0.488 e. The molecule has 1 saturated heterocycles. The van der Waals surface area contributed by atoms with Crippen molar-refractivity contribution in [1.82, 2.24) is 4.90 Å². The van der Waals surface area contributed by atoms with Crippen LogP contribution in [0.15, 0.2) is 60.7 Å². The first kappa shape index (κ1) is 19.3. The Balaban J connectivity index is 1.60. The largest absolute Gasteiger partial charge is 0.488 e. The first-order valence-electron chi connectivity index (χ1n) is 10.0. The Bertz CT molecular complexity index is 1010. The molecule has 0 aliphatic carbocycles. The molecule has 29 heavy (non-hydrogen) atoms. The summed E-state index contributed by atoms with van der Waals surface area (Å²) in [7, 11) is 2.13. The van der Waals surface area contributed by atoms with Gasteiger partial charge in [0, 0.05) is 31.4 Å². The van der Waals surface area contributed by atoms with Crippen molar-refractivity contribution in [1.29, 1.82) is 0 Å². The zero-order valence-electron chi connectivity index (χ0n) is 16.7. The van der Waals surface area contributed by atoms with Crippen LogP contribution < -0.4 is 9.64 Å². The Hall–Kier alpha value is -3.05. The number of fused-ring (bicyclic) bond motifs is 1. The SMILES string of the molecule is CN1CCCN(c2ccc(C(=O)O)c(OCc3cccc4ccccc34)c2)CC1. The number of nitrogens with zero attached hydrogens (tertiary/aromatic N) is 2. The summed E-state index contributed by atoms with van der Waals surface area (Å²) in [5, 5.41) is 11.9. The molecular formula is C24H26N2O3. The molecule has 4 rings (SSSR count).